The largest absolute Gasteiger partial charge is 0.573 e. The van der Waals surface area contributed by atoms with Crippen LogP contribution in [0.2, 0.25) is 5.02 Å². The SMILES string of the molecule is CNC(=O)[C@@H]1C[C@@H](O)C[N+]1(C)C1(c2cc(N(C)C)ccc2OC)C(=O)N(S(=O)(=O)c2ccc(OC)cc2OC(F)(F)F)c2ccc(Cl)cc21. The first kappa shape index (κ1) is 36.0. The van der Waals surface area contributed by atoms with E-state index in [2.05, 4.69) is 10.1 Å². The van der Waals surface area contributed by atoms with Gasteiger partial charge < -0.3 is 29.5 Å². The number of benzene rings is 3. The van der Waals surface area contributed by atoms with E-state index >= 15 is 4.79 Å². The minimum Gasteiger partial charge on any atom is -0.497 e. The van der Waals surface area contributed by atoms with E-state index in [4.69, 9.17) is 21.1 Å². The number of nitrogens with one attached hydrogen (secondary N) is 1. The van der Waals surface area contributed by atoms with E-state index in [1.165, 1.54) is 39.5 Å². The molecule has 4 atom stereocenters. The summed E-state index contributed by atoms with van der Waals surface area (Å²) in [6.07, 6.45) is -6.54. The summed E-state index contributed by atoms with van der Waals surface area (Å²) < 4.78 is 85.0. The van der Waals surface area contributed by atoms with Crippen LogP contribution >= 0.6 is 11.6 Å². The number of aliphatic hydroxyl groups excluding tert-OH is 1. The smallest absolute Gasteiger partial charge is 0.497 e. The van der Waals surface area contributed by atoms with E-state index in [0.29, 0.717) is 9.99 Å². The predicted octanol–water partition coefficient (Wildman–Crippen LogP) is 3.63. The normalized spacial score (nSPS) is 23.7. The van der Waals surface area contributed by atoms with Gasteiger partial charge in [0.05, 0.1) is 38.1 Å². The zero-order chi connectivity index (χ0) is 36.3. The summed E-state index contributed by atoms with van der Waals surface area (Å²) >= 11 is 6.55. The van der Waals surface area contributed by atoms with Crippen LogP contribution in [0.3, 0.4) is 0 Å². The minimum atomic E-state index is -5.31. The molecule has 2 unspecified atom stereocenters. The van der Waals surface area contributed by atoms with Crippen LogP contribution in [0.15, 0.2) is 59.5 Å². The third kappa shape index (κ3) is 5.69. The Morgan fingerprint density at radius 1 is 1.06 bits per heavy atom. The molecule has 12 nitrogen and oxygen atoms in total. The number of amides is 2. The summed E-state index contributed by atoms with van der Waals surface area (Å²) in [4.78, 5) is 29.9. The molecular weight excluding hydrogens is 693 g/mol. The standard InChI is InChI=1S/C32H34ClF3N4O8S/c1-37-29(42)25-15-20(41)17-40(25,4)31(23-14-19(38(2)3)8-11-26(23)47-6)22-13-18(33)7-10-24(22)39(30(31)43)49(44,45)28-12-9-21(46-5)16-27(28)48-32(34,35)36/h7-14,16,20,25,41H,15,17H2,1-6H3/p+1/t20-,25+,31?,40?/m1/s1. The second-order valence-corrected chi connectivity index (χ2v) is 14.2. The first-order valence-electron chi connectivity index (χ1n) is 14.8. The Morgan fingerprint density at radius 3 is 2.35 bits per heavy atom. The number of ether oxygens (including phenoxy) is 3. The minimum absolute atomic E-state index is 0.0140. The molecule has 0 aliphatic carbocycles. The van der Waals surface area contributed by atoms with Crippen LogP contribution in [0.1, 0.15) is 17.5 Å². The van der Waals surface area contributed by atoms with Crippen molar-refractivity contribution in [2.75, 3.05) is 58.2 Å². The lowest BCUT2D eigenvalue weighted by molar-refractivity contribution is -0.953. The fourth-order valence-electron chi connectivity index (χ4n) is 7.04. The summed E-state index contributed by atoms with van der Waals surface area (Å²) in [5.74, 6) is -2.85. The number of methoxy groups -OCH3 is 2. The summed E-state index contributed by atoms with van der Waals surface area (Å²) in [6, 6.07) is 10.4. The molecule has 1 saturated heterocycles. The summed E-state index contributed by atoms with van der Waals surface area (Å²) in [5.41, 5.74) is -1.72. The fraction of sp³-hybridized carbons (Fsp3) is 0.375. The number of nitrogens with zero attached hydrogens (tertiary/aromatic N) is 3. The number of carbonyl (C=O) groups excluding carboxylic acids is 2. The van der Waals surface area contributed by atoms with Crippen molar-refractivity contribution in [1.29, 1.82) is 0 Å². The maximum Gasteiger partial charge on any atom is 0.573 e. The molecule has 2 aliphatic heterocycles. The van der Waals surface area contributed by atoms with Crippen molar-refractivity contribution < 1.29 is 55.0 Å². The molecule has 0 spiro atoms. The second-order valence-electron chi connectivity index (χ2n) is 12.1. The van der Waals surface area contributed by atoms with Gasteiger partial charge in [0.2, 0.25) is 5.54 Å². The summed E-state index contributed by atoms with van der Waals surface area (Å²) in [6.45, 7) is -0.218. The average molecular weight is 728 g/mol. The molecule has 3 aromatic carbocycles. The first-order chi connectivity index (χ1) is 22.9. The van der Waals surface area contributed by atoms with E-state index in [1.54, 1.807) is 44.2 Å². The zero-order valence-electron chi connectivity index (χ0n) is 27.3. The quantitative estimate of drug-likeness (QED) is 0.317. The molecule has 3 aromatic rings. The Hall–Kier alpha value is -4.25. The fourth-order valence-corrected chi connectivity index (χ4v) is 8.77. The van der Waals surface area contributed by atoms with Gasteiger partial charge in [-0.2, -0.15) is 4.31 Å². The predicted molar refractivity (Wildman–Crippen MR) is 173 cm³/mol. The Morgan fingerprint density at radius 2 is 1.76 bits per heavy atom. The number of hydrogen-bond donors (Lipinski definition) is 2. The van der Waals surface area contributed by atoms with Crippen molar-refractivity contribution in [3.63, 3.8) is 0 Å². The van der Waals surface area contributed by atoms with Gasteiger partial charge in [-0.05, 0) is 48.5 Å². The van der Waals surface area contributed by atoms with Gasteiger partial charge in [-0.25, -0.2) is 8.42 Å². The van der Waals surface area contributed by atoms with Crippen molar-refractivity contribution in [3.05, 3.63) is 70.7 Å². The maximum atomic E-state index is 15.6. The molecule has 0 saturated carbocycles. The number of quaternary nitrogens is 1. The average Bonchev–Trinajstić information content (AvgIpc) is 3.49. The Labute approximate surface area is 286 Å². The number of alkyl halides is 3. The van der Waals surface area contributed by atoms with Gasteiger partial charge in [0.25, 0.3) is 15.9 Å². The monoisotopic (exact) mass is 727 g/mol. The molecular formula is C32H35ClF3N4O8S+. The molecule has 2 aliphatic rings. The zero-order valence-corrected chi connectivity index (χ0v) is 28.9. The number of hydrogen-bond acceptors (Lipinski definition) is 9. The molecule has 5 rings (SSSR count). The molecule has 264 valence electrons. The van der Waals surface area contributed by atoms with Crippen LogP contribution in [-0.2, 0) is 25.2 Å². The Balaban J connectivity index is 1.93. The number of anilines is 2. The van der Waals surface area contributed by atoms with Crippen LogP contribution in [0, 0.1) is 0 Å². The summed E-state index contributed by atoms with van der Waals surface area (Å²) in [7, 11) is 3.69. The number of fused-ring (bicyclic) bond motifs is 1. The molecule has 2 N–H and O–H groups in total. The van der Waals surface area contributed by atoms with Crippen LogP contribution in [0.25, 0.3) is 0 Å². The topological polar surface area (TPSA) is 135 Å². The van der Waals surface area contributed by atoms with Crippen molar-refractivity contribution in [2.45, 2.75) is 35.4 Å². The molecule has 0 radical (unpaired) electrons. The Bertz CT molecular complexity index is 1930. The number of halogens is 4. The molecule has 0 bridgehead atoms. The summed E-state index contributed by atoms with van der Waals surface area (Å²) in [5, 5.41) is 13.8. The van der Waals surface area contributed by atoms with Gasteiger partial charge in [0, 0.05) is 44.3 Å². The van der Waals surface area contributed by atoms with E-state index in [9.17, 15) is 31.5 Å². The third-order valence-electron chi connectivity index (χ3n) is 9.13. The van der Waals surface area contributed by atoms with Crippen molar-refractivity contribution in [1.82, 2.24) is 5.32 Å². The Kier molecular flexibility index (Phi) is 9.25. The molecule has 2 amide bonds. The van der Waals surface area contributed by atoms with Gasteiger partial charge in [0.15, 0.2) is 11.8 Å². The van der Waals surface area contributed by atoms with Gasteiger partial charge in [0.1, 0.15) is 29.0 Å². The van der Waals surface area contributed by atoms with Gasteiger partial charge in [-0.15, -0.1) is 13.2 Å². The molecule has 1 fully saturated rings. The lowest BCUT2D eigenvalue weighted by Crippen LogP contribution is -2.69. The van der Waals surface area contributed by atoms with E-state index in [0.717, 1.165) is 18.2 Å². The number of likely N-dealkylation sites (tertiary alicyclic amines) is 1. The maximum absolute atomic E-state index is 15.6. The second kappa shape index (κ2) is 12.6. The number of aliphatic hydroxyl groups is 1. The van der Waals surface area contributed by atoms with Crippen molar-refractivity contribution in [3.8, 4) is 17.2 Å². The lowest BCUT2D eigenvalue weighted by atomic mass is 9.78. The van der Waals surface area contributed by atoms with Gasteiger partial charge in [-0.3, -0.25) is 14.1 Å². The van der Waals surface area contributed by atoms with Crippen LogP contribution in [-0.4, -0.2) is 97.3 Å². The van der Waals surface area contributed by atoms with Crippen LogP contribution in [0.5, 0.6) is 17.2 Å². The van der Waals surface area contributed by atoms with E-state index in [1.807, 2.05) is 0 Å². The molecule has 0 aromatic heterocycles. The van der Waals surface area contributed by atoms with Crippen LogP contribution < -0.4 is 28.7 Å². The van der Waals surface area contributed by atoms with Gasteiger partial charge in [-0.1, -0.05) is 11.6 Å². The molecule has 49 heavy (non-hydrogen) atoms. The number of likely N-dealkylation sites (N-methyl/N-ethyl adjacent to an activating group) is 2. The van der Waals surface area contributed by atoms with Crippen LogP contribution in [0.4, 0.5) is 24.5 Å². The lowest BCUT2D eigenvalue weighted by Gasteiger charge is -2.48. The highest BCUT2D eigenvalue weighted by Crippen LogP contribution is 2.58. The number of rotatable bonds is 9. The van der Waals surface area contributed by atoms with Crippen molar-refractivity contribution >= 4 is 44.8 Å². The van der Waals surface area contributed by atoms with E-state index in [-0.39, 0.29) is 46.3 Å². The van der Waals surface area contributed by atoms with E-state index < -0.39 is 61.0 Å². The third-order valence-corrected chi connectivity index (χ3v) is 11.1. The van der Waals surface area contributed by atoms with Gasteiger partial charge >= 0.3 is 12.3 Å². The highest BCUT2D eigenvalue weighted by Gasteiger charge is 2.72. The first-order valence-corrected chi connectivity index (χ1v) is 16.6. The molecule has 2 heterocycles. The highest BCUT2D eigenvalue weighted by molar-refractivity contribution is 7.93. The number of sulfonamides is 1. The van der Waals surface area contributed by atoms with Crippen molar-refractivity contribution in [2.24, 2.45) is 0 Å². The number of carbonyl (C=O) groups is 2. The molecule has 17 heteroatoms. The highest BCUT2D eigenvalue weighted by atomic mass is 35.5.